The van der Waals surface area contributed by atoms with Crippen LogP contribution < -0.4 is 5.56 Å². The first-order valence-corrected chi connectivity index (χ1v) is 8.30. The van der Waals surface area contributed by atoms with Crippen LogP contribution in [0.4, 0.5) is 0 Å². The Hall–Kier alpha value is -3.71. The molecular formula is C22H15N3O. The number of hydrogen-bond acceptors (Lipinski definition) is 3. The molecule has 1 heterocycles. The molecule has 0 amide bonds. The lowest BCUT2D eigenvalue weighted by molar-refractivity contribution is 0.789. The zero-order valence-corrected chi connectivity index (χ0v) is 14.0. The molecule has 4 rings (SSSR count). The lowest BCUT2D eigenvalue weighted by atomic mass is 10.1. The van der Waals surface area contributed by atoms with Gasteiger partial charge in [-0.05, 0) is 29.8 Å². The van der Waals surface area contributed by atoms with Crippen LogP contribution in [0, 0.1) is 11.3 Å². The second-order valence-electron chi connectivity index (χ2n) is 6.02. The predicted octanol–water partition coefficient (Wildman–Crippen LogP) is 3.98. The molecule has 0 aliphatic heterocycles. The van der Waals surface area contributed by atoms with Gasteiger partial charge in [0.2, 0.25) is 0 Å². The molecule has 0 aliphatic rings. The Kier molecular flexibility index (Phi) is 4.04. The Balaban J connectivity index is 1.96. The van der Waals surface area contributed by atoms with E-state index in [9.17, 15) is 4.79 Å². The van der Waals surface area contributed by atoms with Crippen LogP contribution in [-0.2, 0) is 6.54 Å². The minimum atomic E-state index is -0.164. The summed E-state index contributed by atoms with van der Waals surface area (Å²) < 4.78 is 1.74. The van der Waals surface area contributed by atoms with E-state index < -0.39 is 0 Å². The number of rotatable bonds is 3. The summed E-state index contributed by atoms with van der Waals surface area (Å²) in [5, 5.41) is 9.15. The van der Waals surface area contributed by atoms with Crippen LogP contribution in [0.5, 0.6) is 0 Å². The van der Waals surface area contributed by atoms with Gasteiger partial charge in [0.05, 0.1) is 29.2 Å². The van der Waals surface area contributed by atoms with E-state index in [2.05, 4.69) is 11.1 Å². The highest BCUT2D eigenvalue weighted by atomic mass is 16.1. The highest BCUT2D eigenvalue weighted by molar-refractivity contribution is 5.78. The normalized spacial score (nSPS) is 10.6. The zero-order chi connectivity index (χ0) is 17.9. The summed E-state index contributed by atoms with van der Waals surface area (Å²) in [6.07, 6.45) is 0. The van der Waals surface area contributed by atoms with E-state index in [1.165, 1.54) is 0 Å². The van der Waals surface area contributed by atoms with E-state index in [1.807, 2.05) is 60.7 Å². The summed E-state index contributed by atoms with van der Waals surface area (Å²) in [6.45, 7) is 0.466. The summed E-state index contributed by atoms with van der Waals surface area (Å²) >= 11 is 0. The van der Waals surface area contributed by atoms with Gasteiger partial charge in [0, 0.05) is 5.56 Å². The van der Waals surface area contributed by atoms with Gasteiger partial charge in [0.15, 0.2) is 0 Å². The molecule has 26 heavy (non-hydrogen) atoms. The predicted molar refractivity (Wildman–Crippen MR) is 102 cm³/mol. The van der Waals surface area contributed by atoms with E-state index in [0.717, 1.165) is 16.6 Å². The maximum absolute atomic E-state index is 13.2. The standard InChI is InChI=1S/C22H15N3O/c23-14-17-9-6-10-18(13-17)21-22(26)25(15-16-7-2-1-3-8-16)20-12-5-4-11-19(20)24-21/h1-13H,15H2. The molecule has 124 valence electrons. The van der Waals surface area contributed by atoms with Crippen molar-refractivity contribution in [1.29, 1.82) is 5.26 Å². The first-order valence-electron chi connectivity index (χ1n) is 8.30. The van der Waals surface area contributed by atoms with E-state index in [4.69, 9.17) is 5.26 Å². The molecule has 4 nitrogen and oxygen atoms in total. The molecule has 0 aliphatic carbocycles. The molecule has 3 aromatic carbocycles. The quantitative estimate of drug-likeness (QED) is 0.568. The van der Waals surface area contributed by atoms with E-state index in [0.29, 0.717) is 23.4 Å². The third-order valence-corrected chi connectivity index (χ3v) is 4.30. The average Bonchev–Trinajstić information content (AvgIpc) is 2.70. The Morgan fingerprint density at radius 3 is 2.50 bits per heavy atom. The number of nitriles is 1. The molecule has 0 fully saturated rings. The fourth-order valence-corrected chi connectivity index (χ4v) is 3.04. The zero-order valence-electron chi connectivity index (χ0n) is 14.0. The SMILES string of the molecule is N#Cc1cccc(-c2nc3ccccc3n(Cc3ccccc3)c2=O)c1. The van der Waals surface area contributed by atoms with Crippen molar-refractivity contribution in [1.82, 2.24) is 9.55 Å². The van der Waals surface area contributed by atoms with Crippen molar-refractivity contribution in [2.24, 2.45) is 0 Å². The molecule has 1 aromatic heterocycles. The molecule has 0 unspecified atom stereocenters. The van der Waals surface area contributed by atoms with Crippen LogP contribution in [0.3, 0.4) is 0 Å². The minimum absolute atomic E-state index is 0.164. The third kappa shape index (κ3) is 2.87. The first kappa shape index (κ1) is 15.8. The highest BCUT2D eigenvalue weighted by Crippen LogP contribution is 2.19. The second kappa shape index (κ2) is 6.66. The van der Waals surface area contributed by atoms with Gasteiger partial charge in [0.25, 0.3) is 5.56 Å². The molecule has 0 bridgehead atoms. The molecule has 0 saturated carbocycles. The molecule has 0 N–H and O–H groups in total. The molecule has 0 saturated heterocycles. The topological polar surface area (TPSA) is 58.7 Å². The van der Waals surface area contributed by atoms with Crippen LogP contribution in [0.1, 0.15) is 11.1 Å². The minimum Gasteiger partial charge on any atom is -0.300 e. The van der Waals surface area contributed by atoms with Gasteiger partial charge in [-0.25, -0.2) is 4.98 Å². The van der Waals surface area contributed by atoms with Crippen molar-refractivity contribution < 1.29 is 0 Å². The number of hydrogen-bond donors (Lipinski definition) is 0. The largest absolute Gasteiger partial charge is 0.300 e. The summed E-state index contributed by atoms with van der Waals surface area (Å²) in [4.78, 5) is 17.8. The lowest BCUT2D eigenvalue weighted by Gasteiger charge is -2.12. The third-order valence-electron chi connectivity index (χ3n) is 4.30. The van der Waals surface area contributed by atoms with Crippen molar-refractivity contribution in [3.8, 4) is 17.3 Å². The van der Waals surface area contributed by atoms with Gasteiger partial charge in [0.1, 0.15) is 5.69 Å². The van der Waals surface area contributed by atoms with Gasteiger partial charge in [-0.3, -0.25) is 4.79 Å². The Morgan fingerprint density at radius 1 is 0.923 bits per heavy atom. The summed E-state index contributed by atoms with van der Waals surface area (Å²) in [6, 6.07) is 26.6. The number of benzene rings is 3. The Labute approximate surface area is 150 Å². The molecule has 4 heteroatoms. The van der Waals surface area contributed by atoms with Gasteiger partial charge in [-0.1, -0.05) is 54.6 Å². The van der Waals surface area contributed by atoms with Gasteiger partial charge in [-0.15, -0.1) is 0 Å². The van der Waals surface area contributed by atoms with Crippen molar-refractivity contribution in [3.63, 3.8) is 0 Å². The van der Waals surface area contributed by atoms with Crippen LogP contribution in [0.2, 0.25) is 0 Å². The number of fused-ring (bicyclic) bond motifs is 1. The lowest BCUT2D eigenvalue weighted by Crippen LogP contribution is -2.24. The summed E-state index contributed by atoms with van der Waals surface area (Å²) in [5.41, 5.74) is 3.94. The smallest absolute Gasteiger partial charge is 0.277 e. The fraction of sp³-hybridized carbons (Fsp3) is 0.0455. The van der Waals surface area contributed by atoms with Gasteiger partial charge >= 0.3 is 0 Å². The van der Waals surface area contributed by atoms with Crippen molar-refractivity contribution in [2.45, 2.75) is 6.54 Å². The molecule has 0 radical (unpaired) electrons. The Bertz CT molecular complexity index is 1190. The number of nitrogens with zero attached hydrogens (tertiary/aromatic N) is 3. The fourth-order valence-electron chi connectivity index (χ4n) is 3.04. The molecule has 0 spiro atoms. The molecule has 0 atom stereocenters. The molecular weight excluding hydrogens is 322 g/mol. The monoisotopic (exact) mass is 337 g/mol. The summed E-state index contributed by atoms with van der Waals surface area (Å²) in [5.74, 6) is 0. The Morgan fingerprint density at radius 2 is 1.69 bits per heavy atom. The van der Waals surface area contributed by atoms with E-state index in [-0.39, 0.29) is 5.56 Å². The summed E-state index contributed by atoms with van der Waals surface area (Å²) in [7, 11) is 0. The van der Waals surface area contributed by atoms with Crippen LogP contribution >= 0.6 is 0 Å². The van der Waals surface area contributed by atoms with Crippen LogP contribution in [0.15, 0.2) is 83.7 Å². The van der Waals surface area contributed by atoms with Gasteiger partial charge < -0.3 is 4.57 Å². The van der Waals surface area contributed by atoms with Crippen molar-refractivity contribution in [2.75, 3.05) is 0 Å². The van der Waals surface area contributed by atoms with E-state index in [1.54, 1.807) is 22.8 Å². The first-order chi connectivity index (χ1) is 12.8. The average molecular weight is 337 g/mol. The van der Waals surface area contributed by atoms with E-state index >= 15 is 0 Å². The number of aromatic nitrogens is 2. The van der Waals surface area contributed by atoms with Crippen molar-refractivity contribution >= 4 is 11.0 Å². The highest BCUT2D eigenvalue weighted by Gasteiger charge is 2.13. The maximum atomic E-state index is 13.2. The number of para-hydroxylation sites is 2. The second-order valence-corrected chi connectivity index (χ2v) is 6.02. The maximum Gasteiger partial charge on any atom is 0.277 e. The molecule has 4 aromatic rings. The van der Waals surface area contributed by atoms with Crippen LogP contribution in [0.25, 0.3) is 22.3 Å². The van der Waals surface area contributed by atoms with Crippen LogP contribution in [-0.4, -0.2) is 9.55 Å². The van der Waals surface area contributed by atoms with Gasteiger partial charge in [-0.2, -0.15) is 5.26 Å². The van der Waals surface area contributed by atoms with Crippen molar-refractivity contribution in [3.05, 3.63) is 100 Å².